The second-order valence-corrected chi connectivity index (χ2v) is 8.52. The first kappa shape index (κ1) is 17.7. The molecule has 1 aromatic heterocycles. The average Bonchev–Trinajstić information content (AvgIpc) is 2.94. The molecule has 9 heteroatoms. The number of hydrogen-bond acceptors (Lipinski definition) is 7. The van der Waals surface area contributed by atoms with E-state index < -0.39 is 10.0 Å². The predicted octanol–water partition coefficient (Wildman–Crippen LogP) is 1.57. The van der Waals surface area contributed by atoms with Gasteiger partial charge in [-0.25, -0.2) is 9.97 Å². The molecule has 0 bridgehead atoms. The topological polar surface area (TPSA) is 90.8 Å². The molecular weight excluding hydrogens is 364 g/mol. The highest BCUT2D eigenvalue weighted by atomic mass is 32.2. The summed E-state index contributed by atoms with van der Waals surface area (Å²) in [6.45, 7) is 1.48. The van der Waals surface area contributed by atoms with Crippen LogP contribution in [0.25, 0.3) is 0 Å². The highest BCUT2D eigenvalue weighted by Gasteiger charge is 2.33. The van der Waals surface area contributed by atoms with Gasteiger partial charge in [0, 0.05) is 44.9 Å². The number of nitrogens with zero attached hydrogens (tertiary/aromatic N) is 5. The molecule has 2 aliphatic heterocycles. The van der Waals surface area contributed by atoms with Crippen LogP contribution in [-0.4, -0.2) is 62.3 Å². The summed E-state index contributed by atoms with van der Waals surface area (Å²) in [5.74, 6) is 2.23. The minimum Gasteiger partial charge on any atom is -0.367 e. The number of fused-ring (bicyclic) bond motifs is 1. The lowest BCUT2D eigenvalue weighted by molar-refractivity contribution is 0.324. The van der Waals surface area contributed by atoms with E-state index in [-0.39, 0.29) is 6.04 Å². The number of hydrogen-bond donors (Lipinski definition) is 1. The monoisotopic (exact) mass is 386 g/mol. The maximum atomic E-state index is 12.3. The van der Waals surface area contributed by atoms with Gasteiger partial charge in [0.25, 0.3) is 10.0 Å². The SMILES string of the molecule is CN(C)c1cc(NC2CCN(C3=NS(=O)(=O)c4ccccc43)CC2)ncn1. The van der Waals surface area contributed by atoms with Crippen molar-refractivity contribution < 1.29 is 8.42 Å². The largest absolute Gasteiger partial charge is 0.367 e. The maximum absolute atomic E-state index is 12.3. The molecule has 0 amide bonds. The van der Waals surface area contributed by atoms with Gasteiger partial charge in [-0.2, -0.15) is 8.42 Å². The highest BCUT2D eigenvalue weighted by Crippen LogP contribution is 2.29. The molecule has 0 spiro atoms. The Balaban J connectivity index is 1.44. The van der Waals surface area contributed by atoms with E-state index in [1.807, 2.05) is 37.2 Å². The second kappa shape index (κ2) is 6.80. The lowest BCUT2D eigenvalue weighted by Crippen LogP contribution is -2.42. The molecular formula is C18H22N6O2S. The Labute approximate surface area is 159 Å². The molecule has 0 aliphatic carbocycles. The van der Waals surface area contributed by atoms with Crippen molar-refractivity contribution in [3.8, 4) is 0 Å². The van der Waals surface area contributed by atoms with Crippen LogP contribution in [0.5, 0.6) is 0 Å². The number of benzene rings is 1. The van der Waals surface area contributed by atoms with E-state index in [0.717, 1.165) is 37.6 Å². The zero-order chi connectivity index (χ0) is 19.0. The van der Waals surface area contributed by atoms with Gasteiger partial charge in [0.2, 0.25) is 0 Å². The summed E-state index contributed by atoms with van der Waals surface area (Å²) in [5, 5.41) is 3.46. The molecule has 8 nitrogen and oxygen atoms in total. The summed E-state index contributed by atoms with van der Waals surface area (Å²) in [4.78, 5) is 12.8. The molecule has 0 radical (unpaired) electrons. The Morgan fingerprint density at radius 2 is 1.89 bits per heavy atom. The van der Waals surface area contributed by atoms with Crippen molar-refractivity contribution >= 4 is 27.5 Å². The number of amidine groups is 1. The van der Waals surface area contributed by atoms with Gasteiger partial charge in [0.1, 0.15) is 22.9 Å². The Bertz CT molecular complexity index is 981. The van der Waals surface area contributed by atoms with Crippen LogP contribution in [0, 0.1) is 0 Å². The molecule has 2 aliphatic rings. The third-order valence-electron chi connectivity index (χ3n) is 4.87. The lowest BCUT2D eigenvalue weighted by atomic mass is 10.0. The van der Waals surface area contributed by atoms with Crippen molar-refractivity contribution in [2.24, 2.45) is 4.40 Å². The minimum atomic E-state index is -3.57. The van der Waals surface area contributed by atoms with Crippen LogP contribution < -0.4 is 10.2 Å². The van der Waals surface area contributed by atoms with Crippen LogP contribution in [0.3, 0.4) is 0 Å². The fourth-order valence-corrected chi connectivity index (χ4v) is 4.66. The van der Waals surface area contributed by atoms with Crippen molar-refractivity contribution in [3.05, 3.63) is 42.2 Å². The predicted molar refractivity (Wildman–Crippen MR) is 105 cm³/mol. The Kier molecular flexibility index (Phi) is 4.47. The molecule has 1 fully saturated rings. The zero-order valence-electron chi connectivity index (χ0n) is 15.3. The molecule has 3 heterocycles. The number of anilines is 2. The summed E-state index contributed by atoms with van der Waals surface area (Å²) < 4.78 is 28.5. The number of nitrogens with one attached hydrogen (secondary N) is 1. The Morgan fingerprint density at radius 3 is 2.63 bits per heavy atom. The highest BCUT2D eigenvalue weighted by molar-refractivity contribution is 7.90. The maximum Gasteiger partial charge on any atom is 0.285 e. The fraction of sp³-hybridized carbons (Fsp3) is 0.389. The molecule has 0 atom stereocenters. The van der Waals surface area contributed by atoms with E-state index in [1.165, 1.54) is 0 Å². The number of likely N-dealkylation sites (tertiary alicyclic amines) is 1. The standard InChI is InChI=1S/C18H22N6O2S/c1-23(2)17-11-16(19-12-20-17)21-13-7-9-24(10-8-13)18-14-5-3-4-6-15(14)27(25,26)22-18/h3-6,11-13H,7-10H2,1-2H3,(H,19,20,21). The smallest absolute Gasteiger partial charge is 0.285 e. The van der Waals surface area contributed by atoms with E-state index in [9.17, 15) is 8.42 Å². The molecule has 0 saturated carbocycles. The molecule has 1 aromatic carbocycles. The van der Waals surface area contributed by atoms with Gasteiger partial charge in [0.05, 0.1) is 0 Å². The first-order valence-electron chi connectivity index (χ1n) is 8.89. The van der Waals surface area contributed by atoms with Gasteiger partial charge in [-0.1, -0.05) is 12.1 Å². The molecule has 0 unspecified atom stereocenters. The summed E-state index contributed by atoms with van der Waals surface area (Å²) in [7, 11) is 0.317. The van der Waals surface area contributed by atoms with Crippen molar-refractivity contribution in [2.45, 2.75) is 23.8 Å². The van der Waals surface area contributed by atoms with Gasteiger partial charge in [0.15, 0.2) is 5.84 Å². The number of aromatic nitrogens is 2. The van der Waals surface area contributed by atoms with Crippen LogP contribution in [-0.2, 0) is 10.0 Å². The molecule has 142 valence electrons. The molecule has 4 rings (SSSR count). The van der Waals surface area contributed by atoms with Crippen molar-refractivity contribution in [1.82, 2.24) is 14.9 Å². The zero-order valence-corrected chi connectivity index (χ0v) is 16.1. The second-order valence-electron chi connectivity index (χ2n) is 6.95. The molecule has 2 aromatic rings. The Morgan fingerprint density at radius 1 is 1.15 bits per heavy atom. The van der Waals surface area contributed by atoms with Crippen molar-refractivity contribution in [2.75, 3.05) is 37.4 Å². The third kappa shape index (κ3) is 3.46. The Hall–Kier alpha value is -2.68. The first-order chi connectivity index (χ1) is 12.9. The van der Waals surface area contributed by atoms with Gasteiger partial charge in [-0.3, -0.25) is 0 Å². The van der Waals surface area contributed by atoms with Crippen molar-refractivity contribution in [1.29, 1.82) is 0 Å². The summed E-state index contributed by atoms with van der Waals surface area (Å²) in [6.07, 6.45) is 3.31. The van der Waals surface area contributed by atoms with Gasteiger partial charge in [-0.15, -0.1) is 4.40 Å². The fourth-order valence-electron chi connectivity index (χ4n) is 3.43. The van der Waals surface area contributed by atoms with Crippen LogP contribution in [0.1, 0.15) is 18.4 Å². The van der Waals surface area contributed by atoms with Crippen LogP contribution in [0.15, 0.2) is 46.0 Å². The van der Waals surface area contributed by atoms with E-state index in [0.29, 0.717) is 16.3 Å². The summed E-state index contributed by atoms with van der Waals surface area (Å²) in [6, 6.07) is 9.23. The number of sulfonamides is 1. The van der Waals surface area contributed by atoms with E-state index in [1.54, 1.807) is 18.5 Å². The number of piperidine rings is 1. The van der Waals surface area contributed by atoms with Crippen LogP contribution in [0.4, 0.5) is 11.6 Å². The third-order valence-corrected chi connectivity index (χ3v) is 6.19. The summed E-state index contributed by atoms with van der Waals surface area (Å²) in [5.41, 5.74) is 0.704. The van der Waals surface area contributed by atoms with Crippen LogP contribution >= 0.6 is 0 Å². The van der Waals surface area contributed by atoms with E-state index in [2.05, 4.69) is 24.6 Å². The van der Waals surface area contributed by atoms with Gasteiger partial charge >= 0.3 is 0 Å². The van der Waals surface area contributed by atoms with Crippen LogP contribution in [0.2, 0.25) is 0 Å². The molecule has 1 N–H and O–H groups in total. The lowest BCUT2D eigenvalue weighted by Gasteiger charge is -2.33. The van der Waals surface area contributed by atoms with Gasteiger partial charge in [-0.05, 0) is 25.0 Å². The average molecular weight is 386 g/mol. The molecule has 1 saturated heterocycles. The van der Waals surface area contributed by atoms with E-state index >= 15 is 0 Å². The van der Waals surface area contributed by atoms with Gasteiger partial charge < -0.3 is 15.1 Å². The number of rotatable bonds is 3. The van der Waals surface area contributed by atoms with Crippen molar-refractivity contribution in [3.63, 3.8) is 0 Å². The summed E-state index contributed by atoms with van der Waals surface area (Å²) >= 11 is 0. The van der Waals surface area contributed by atoms with E-state index in [4.69, 9.17) is 0 Å². The first-order valence-corrected chi connectivity index (χ1v) is 10.3. The molecule has 27 heavy (non-hydrogen) atoms. The quantitative estimate of drug-likeness (QED) is 0.856. The minimum absolute atomic E-state index is 0.278. The normalized spacial score (nSPS) is 18.7.